The summed E-state index contributed by atoms with van der Waals surface area (Å²) in [5.41, 5.74) is 2.82. The van der Waals surface area contributed by atoms with E-state index in [1.807, 2.05) is 43.3 Å². The molecule has 5 nitrogen and oxygen atoms in total. The van der Waals surface area contributed by atoms with Crippen LogP contribution < -0.4 is 15.4 Å². The first-order valence-corrected chi connectivity index (χ1v) is 9.77. The molecular weight excluding hydrogens is 522 g/mol. The largest absolute Gasteiger partial charge is 0.497 e. The summed E-state index contributed by atoms with van der Waals surface area (Å²) >= 11 is 0. The number of guanidine groups is 1. The van der Waals surface area contributed by atoms with Crippen LogP contribution in [0.25, 0.3) is 0 Å². The van der Waals surface area contributed by atoms with Gasteiger partial charge in [0.2, 0.25) is 0 Å². The minimum atomic E-state index is -4.31. The van der Waals surface area contributed by atoms with Crippen molar-refractivity contribution in [2.75, 3.05) is 26.8 Å². The molecule has 0 heterocycles. The van der Waals surface area contributed by atoms with E-state index in [-0.39, 0.29) is 30.6 Å². The summed E-state index contributed by atoms with van der Waals surface area (Å²) in [6.45, 7) is 2.59. The van der Waals surface area contributed by atoms with Gasteiger partial charge in [-0.05, 0) is 42.2 Å². The predicted molar refractivity (Wildman–Crippen MR) is 127 cm³/mol. The third-order valence-electron chi connectivity index (χ3n) is 4.16. The maximum absolute atomic E-state index is 12.1. The molecule has 0 aliphatic rings. The lowest BCUT2D eigenvalue weighted by Gasteiger charge is -2.12. The molecule has 0 aliphatic heterocycles. The smallest absolute Gasteiger partial charge is 0.411 e. The molecule has 172 valence electrons. The molecule has 0 saturated heterocycles. The molecule has 9 heteroatoms. The Hall–Kier alpha value is -2.01. The van der Waals surface area contributed by atoms with Crippen molar-refractivity contribution in [1.82, 2.24) is 10.6 Å². The highest BCUT2D eigenvalue weighted by Crippen LogP contribution is 2.16. The van der Waals surface area contributed by atoms with Crippen LogP contribution in [0.4, 0.5) is 13.2 Å². The van der Waals surface area contributed by atoms with E-state index in [0.717, 1.165) is 24.3 Å². The van der Waals surface area contributed by atoms with E-state index in [1.54, 1.807) is 19.2 Å². The van der Waals surface area contributed by atoms with Crippen molar-refractivity contribution >= 4 is 29.9 Å². The Morgan fingerprint density at radius 1 is 1.00 bits per heavy atom. The van der Waals surface area contributed by atoms with Crippen LogP contribution in [0.1, 0.15) is 23.6 Å². The SMILES string of the molecule is CCNC(=NCc1ccc(COCC(F)(F)F)cc1)NCCc1cccc(OC)c1.I. The van der Waals surface area contributed by atoms with Crippen LogP contribution in [0.3, 0.4) is 0 Å². The number of benzene rings is 2. The topological polar surface area (TPSA) is 54.9 Å². The van der Waals surface area contributed by atoms with Crippen LogP contribution >= 0.6 is 24.0 Å². The normalized spacial score (nSPS) is 11.6. The molecule has 31 heavy (non-hydrogen) atoms. The van der Waals surface area contributed by atoms with Gasteiger partial charge in [-0.25, -0.2) is 4.99 Å². The predicted octanol–water partition coefficient (Wildman–Crippen LogP) is 4.69. The summed E-state index contributed by atoms with van der Waals surface area (Å²) in [6.07, 6.45) is -3.48. The van der Waals surface area contributed by atoms with Gasteiger partial charge < -0.3 is 20.1 Å². The second kappa shape index (κ2) is 14.1. The maximum Gasteiger partial charge on any atom is 0.411 e. The Labute approximate surface area is 198 Å². The number of alkyl halides is 3. The van der Waals surface area contributed by atoms with Crippen LogP contribution in [-0.2, 0) is 24.3 Å². The number of aliphatic imine (C=N–C) groups is 1. The van der Waals surface area contributed by atoms with E-state index in [9.17, 15) is 13.2 Å². The van der Waals surface area contributed by atoms with E-state index in [4.69, 9.17) is 4.74 Å². The standard InChI is InChI=1S/C22H28F3N3O2.HI/c1-3-26-21(27-12-11-17-5-4-6-20(13-17)29-2)28-14-18-7-9-19(10-8-18)15-30-16-22(23,24)25;/h4-10,13H,3,11-12,14-16H2,1-2H3,(H2,26,27,28);1H. The van der Waals surface area contributed by atoms with Gasteiger partial charge in [0.05, 0.1) is 20.3 Å². The maximum atomic E-state index is 12.1. The number of rotatable bonds is 10. The first-order chi connectivity index (χ1) is 14.4. The van der Waals surface area contributed by atoms with E-state index in [0.29, 0.717) is 24.6 Å². The molecule has 0 fully saturated rings. The highest BCUT2D eigenvalue weighted by molar-refractivity contribution is 14.0. The second-order valence-corrected chi connectivity index (χ2v) is 6.65. The number of nitrogens with zero attached hydrogens (tertiary/aromatic N) is 1. The van der Waals surface area contributed by atoms with Crippen LogP contribution in [0.15, 0.2) is 53.5 Å². The quantitative estimate of drug-likeness (QED) is 0.256. The number of halogens is 4. The van der Waals surface area contributed by atoms with Crippen LogP contribution in [-0.4, -0.2) is 38.9 Å². The van der Waals surface area contributed by atoms with E-state index >= 15 is 0 Å². The van der Waals surface area contributed by atoms with Gasteiger partial charge in [-0.15, -0.1) is 24.0 Å². The summed E-state index contributed by atoms with van der Waals surface area (Å²) in [4.78, 5) is 4.56. The zero-order valence-corrected chi connectivity index (χ0v) is 20.0. The average molecular weight is 551 g/mol. The summed E-state index contributed by atoms with van der Waals surface area (Å²) in [7, 11) is 1.65. The monoisotopic (exact) mass is 551 g/mol. The van der Waals surface area contributed by atoms with Gasteiger partial charge in [0.25, 0.3) is 0 Å². The molecule has 0 atom stereocenters. The molecule has 0 bridgehead atoms. The third-order valence-corrected chi connectivity index (χ3v) is 4.16. The van der Waals surface area contributed by atoms with Crippen molar-refractivity contribution < 1.29 is 22.6 Å². The molecule has 0 spiro atoms. The van der Waals surface area contributed by atoms with Gasteiger partial charge in [0.1, 0.15) is 12.4 Å². The van der Waals surface area contributed by atoms with Gasteiger partial charge in [0, 0.05) is 13.1 Å². The van der Waals surface area contributed by atoms with Gasteiger partial charge >= 0.3 is 6.18 Å². The first-order valence-electron chi connectivity index (χ1n) is 9.77. The fourth-order valence-corrected chi connectivity index (χ4v) is 2.69. The van der Waals surface area contributed by atoms with Crippen molar-refractivity contribution in [3.63, 3.8) is 0 Å². The minimum Gasteiger partial charge on any atom is -0.497 e. The lowest BCUT2D eigenvalue weighted by Crippen LogP contribution is -2.38. The molecule has 0 unspecified atom stereocenters. The molecule has 2 rings (SSSR count). The number of hydrogen-bond acceptors (Lipinski definition) is 3. The average Bonchev–Trinajstić information content (AvgIpc) is 2.72. The van der Waals surface area contributed by atoms with Gasteiger partial charge in [-0.2, -0.15) is 13.2 Å². The lowest BCUT2D eigenvalue weighted by atomic mass is 10.1. The van der Waals surface area contributed by atoms with E-state index in [2.05, 4.69) is 20.4 Å². The Balaban J connectivity index is 0.00000480. The highest BCUT2D eigenvalue weighted by Gasteiger charge is 2.27. The molecule has 2 aromatic rings. The fourth-order valence-electron chi connectivity index (χ4n) is 2.69. The number of hydrogen-bond donors (Lipinski definition) is 2. The van der Waals surface area contributed by atoms with Crippen molar-refractivity contribution in [1.29, 1.82) is 0 Å². The lowest BCUT2D eigenvalue weighted by molar-refractivity contribution is -0.176. The van der Waals surface area contributed by atoms with Crippen molar-refractivity contribution in [2.24, 2.45) is 4.99 Å². The molecule has 0 saturated carbocycles. The zero-order chi connectivity index (χ0) is 21.8. The van der Waals surface area contributed by atoms with E-state index < -0.39 is 12.8 Å². The van der Waals surface area contributed by atoms with Gasteiger partial charge in [-0.1, -0.05) is 36.4 Å². The number of ether oxygens (including phenoxy) is 2. The number of nitrogens with one attached hydrogen (secondary N) is 2. The first kappa shape index (κ1) is 27.0. The van der Waals surface area contributed by atoms with E-state index in [1.165, 1.54) is 5.56 Å². The third kappa shape index (κ3) is 11.3. The summed E-state index contributed by atoms with van der Waals surface area (Å²) in [5, 5.41) is 6.50. The van der Waals surface area contributed by atoms with Crippen LogP contribution in [0.2, 0.25) is 0 Å². The Morgan fingerprint density at radius 3 is 2.35 bits per heavy atom. The molecule has 2 aromatic carbocycles. The fraction of sp³-hybridized carbons (Fsp3) is 0.409. The second-order valence-electron chi connectivity index (χ2n) is 6.65. The van der Waals surface area contributed by atoms with Crippen LogP contribution in [0.5, 0.6) is 5.75 Å². The molecule has 0 radical (unpaired) electrons. The molecule has 0 aliphatic carbocycles. The zero-order valence-electron chi connectivity index (χ0n) is 17.7. The molecule has 0 aromatic heterocycles. The minimum absolute atomic E-state index is 0. The van der Waals surface area contributed by atoms with Gasteiger partial charge in [0.15, 0.2) is 5.96 Å². The molecular formula is C22H29F3IN3O2. The van der Waals surface area contributed by atoms with Crippen molar-refractivity contribution in [3.05, 3.63) is 65.2 Å². The van der Waals surface area contributed by atoms with Crippen molar-refractivity contribution in [3.8, 4) is 5.75 Å². The Kier molecular flexibility index (Phi) is 12.3. The Bertz CT molecular complexity index is 799. The summed E-state index contributed by atoms with van der Waals surface area (Å²) in [5.74, 6) is 1.54. The van der Waals surface area contributed by atoms with Crippen molar-refractivity contribution in [2.45, 2.75) is 32.7 Å². The van der Waals surface area contributed by atoms with Crippen LogP contribution in [0, 0.1) is 0 Å². The Morgan fingerprint density at radius 2 is 1.71 bits per heavy atom. The summed E-state index contributed by atoms with van der Waals surface area (Å²) in [6, 6.07) is 15.1. The van der Waals surface area contributed by atoms with Gasteiger partial charge in [-0.3, -0.25) is 0 Å². The highest BCUT2D eigenvalue weighted by atomic mass is 127. The molecule has 0 amide bonds. The molecule has 2 N–H and O–H groups in total. The number of methoxy groups -OCH3 is 1. The summed E-state index contributed by atoms with van der Waals surface area (Å²) < 4.78 is 46.3.